The van der Waals surface area contributed by atoms with Crippen LogP contribution < -0.4 is 5.32 Å². The SMILES string of the molecule is COCC(C)C(Nc1cccc(Cl)c1)C(=O)OC. The van der Waals surface area contributed by atoms with Crippen LogP contribution in [0.3, 0.4) is 0 Å². The number of rotatable bonds is 6. The highest BCUT2D eigenvalue weighted by Gasteiger charge is 2.25. The molecule has 1 aromatic rings. The molecule has 0 aliphatic heterocycles. The van der Waals surface area contributed by atoms with E-state index in [4.69, 9.17) is 21.1 Å². The second-order valence-corrected chi connectivity index (χ2v) is 4.52. The number of methoxy groups -OCH3 is 2. The van der Waals surface area contributed by atoms with Crippen molar-refractivity contribution < 1.29 is 14.3 Å². The lowest BCUT2D eigenvalue weighted by Crippen LogP contribution is -2.38. The highest BCUT2D eigenvalue weighted by molar-refractivity contribution is 6.30. The van der Waals surface area contributed by atoms with Crippen molar-refractivity contribution in [3.05, 3.63) is 29.3 Å². The standard InChI is InChI=1S/C13H18ClNO3/c1-9(8-17-2)12(13(16)18-3)15-11-6-4-5-10(14)7-11/h4-7,9,12,15H,8H2,1-3H3. The van der Waals surface area contributed by atoms with Crippen LogP contribution in [0.25, 0.3) is 0 Å². The summed E-state index contributed by atoms with van der Waals surface area (Å²) >= 11 is 5.90. The minimum atomic E-state index is -0.464. The van der Waals surface area contributed by atoms with Gasteiger partial charge in [-0.3, -0.25) is 0 Å². The Bertz CT molecular complexity index is 398. The zero-order chi connectivity index (χ0) is 13.5. The normalized spacial score (nSPS) is 13.8. The molecule has 0 aromatic heterocycles. The number of hydrogen-bond donors (Lipinski definition) is 1. The fraction of sp³-hybridized carbons (Fsp3) is 0.462. The Labute approximate surface area is 112 Å². The van der Waals surface area contributed by atoms with Crippen molar-refractivity contribution in [2.24, 2.45) is 5.92 Å². The number of benzene rings is 1. The molecule has 100 valence electrons. The van der Waals surface area contributed by atoms with Gasteiger partial charge in [0.1, 0.15) is 6.04 Å². The Morgan fingerprint density at radius 3 is 2.72 bits per heavy atom. The predicted molar refractivity (Wildman–Crippen MR) is 71.9 cm³/mol. The van der Waals surface area contributed by atoms with Crippen LogP contribution >= 0.6 is 11.6 Å². The minimum Gasteiger partial charge on any atom is -0.467 e. The molecule has 1 aromatic carbocycles. The van der Waals surface area contributed by atoms with E-state index in [-0.39, 0.29) is 11.9 Å². The van der Waals surface area contributed by atoms with Crippen molar-refractivity contribution in [1.82, 2.24) is 0 Å². The molecule has 5 heteroatoms. The Morgan fingerprint density at radius 1 is 1.44 bits per heavy atom. The summed E-state index contributed by atoms with van der Waals surface area (Å²) in [6.07, 6.45) is 0. The van der Waals surface area contributed by atoms with Gasteiger partial charge in [0.15, 0.2) is 0 Å². The second kappa shape index (κ2) is 7.24. The van der Waals surface area contributed by atoms with E-state index in [9.17, 15) is 4.79 Å². The topological polar surface area (TPSA) is 47.6 Å². The summed E-state index contributed by atoms with van der Waals surface area (Å²) in [7, 11) is 2.97. The van der Waals surface area contributed by atoms with Gasteiger partial charge in [0.25, 0.3) is 0 Å². The van der Waals surface area contributed by atoms with Crippen LogP contribution in [0.5, 0.6) is 0 Å². The Balaban J connectivity index is 2.81. The maximum Gasteiger partial charge on any atom is 0.328 e. The van der Waals surface area contributed by atoms with Crippen molar-refractivity contribution in [2.45, 2.75) is 13.0 Å². The molecule has 0 amide bonds. The lowest BCUT2D eigenvalue weighted by molar-refractivity contribution is -0.143. The van der Waals surface area contributed by atoms with Crippen LogP contribution in [0.1, 0.15) is 6.92 Å². The number of anilines is 1. The van der Waals surface area contributed by atoms with Crippen molar-refractivity contribution >= 4 is 23.3 Å². The molecule has 2 atom stereocenters. The van der Waals surface area contributed by atoms with Gasteiger partial charge in [-0.15, -0.1) is 0 Å². The lowest BCUT2D eigenvalue weighted by Gasteiger charge is -2.23. The summed E-state index contributed by atoms with van der Waals surface area (Å²) in [5.74, 6) is -0.332. The molecule has 0 saturated heterocycles. The highest BCUT2D eigenvalue weighted by atomic mass is 35.5. The Morgan fingerprint density at radius 2 is 2.17 bits per heavy atom. The third-order valence-corrected chi connectivity index (χ3v) is 2.84. The highest BCUT2D eigenvalue weighted by Crippen LogP contribution is 2.18. The number of halogens is 1. The first-order chi connectivity index (χ1) is 8.58. The van der Waals surface area contributed by atoms with Gasteiger partial charge in [-0.1, -0.05) is 24.6 Å². The largest absolute Gasteiger partial charge is 0.467 e. The van der Waals surface area contributed by atoms with Crippen LogP contribution in [0.4, 0.5) is 5.69 Å². The minimum absolute atomic E-state index is 0.0126. The molecule has 2 unspecified atom stereocenters. The first kappa shape index (κ1) is 14.8. The molecule has 1 N–H and O–H groups in total. The first-order valence-electron chi connectivity index (χ1n) is 5.67. The van der Waals surface area contributed by atoms with Crippen molar-refractivity contribution in [1.29, 1.82) is 0 Å². The molecule has 0 radical (unpaired) electrons. The number of esters is 1. The third-order valence-electron chi connectivity index (χ3n) is 2.60. The summed E-state index contributed by atoms with van der Waals surface area (Å²) < 4.78 is 9.86. The van der Waals surface area contributed by atoms with E-state index in [1.807, 2.05) is 19.1 Å². The summed E-state index contributed by atoms with van der Waals surface area (Å²) in [5.41, 5.74) is 0.779. The number of carbonyl (C=O) groups is 1. The number of nitrogens with one attached hydrogen (secondary N) is 1. The fourth-order valence-corrected chi connectivity index (χ4v) is 1.87. The number of carbonyl (C=O) groups excluding carboxylic acids is 1. The molecular formula is C13H18ClNO3. The Hall–Kier alpha value is -1.26. The molecule has 0 aliphatic carbocycles. The van der Waals surface area contributed by atoms with E-state index in [1.165, 1.54) is 7.11 Å². The summed E-state index contributed by atoms with van der Waals surface area (Å²) in [6.45, 7) is 2.38. The van der Waals surface area contributed by atoms with Crippen LogP contribution in [-0.4, -0.2) is 32.8 Å². The molecular weight excluding hydrogens is 254 g/mol. The summed E-state index contributed by atoms with van der Waals surface area (Å²) in [5, 5.41) is 3.73. The Kier molecular flexibility index (Phi) is 5.95. The van der Waals surface area contributed by atoms with E-state index in [0.717, 1.165) is 5.69 Å². The quantitative estimate of drug-likeness (QED) is 0.808. The zero-order valence-corrected chi connectivity index (χ0v) is 11.5. The molecule has 0 spiro atoms. The maximum absolute atomic E-state index is 11.7. The van der Waals surface area contributed by atoms with Gasteiger partial charge in [-0.05, 0) is 18.2 Å². The maximum atomic E-state index is 11.7. The number of ether oxygens (including phenoxy) is 2. The smallest absolute Gasteiger partial charge is 0.328 e. The van der Waals surface area contributed by atoms with Gasteiger partial charge in [0, 0.05) is 23.7 Å². The molecule has 18 heavy (non-hydrogen) atoms. The van der Waals surface area contributed by atoms with E-state index in [1.54, 1.807) is 19.2 Å². The van der Waals surface area contributed by atoms with Gasteiger partial charge < -0.3 is 14.8 Å². The number of hydrogen-bond acceptors (Lipinski definition) is 4. The fourth-order valence-electron chi connectivity index (χ4n) is 1.68. The monoisotopic (exact) mass is 271 g/mol. The third kappa shape index (κ3) is 4.20. The van der Waals surface area contributed by atoms with Crippen LogP contribution in [0.15, 0.2) is 24.3 Å². The van der Waals surface area contributed by atoms with Gasteiger partial charge >= 0.3 is 5.97 Å². The van der Waals surface area contributed by atoms with E-state index in [0.29, 0.717) is 11.6 Å². The lowest BCUT2D eigenvalue weighted by atomic mass is 10.0. The molecule has 0 aliphatic rings. The average Bonchev–Trinajstić information content (AvgIpc) is 2.35. The summed E-state index contributed by atoms with van der Waals surface area (Å²) in [6, 6.07) is 6.74. The molecule has 1 rings (SSSR count). The predicted octanol–water partition coefficient (Wildman–Crippen LogP) is 2.58. The van der Waals surface area contributed by atoms with Crippen LogP contribution in [-0.2, 0) is 14.3 Å². The van der Waals surface area contributed by atoms with E-state index >= 15 is 0 Å². The second-order valence-electron chi connectivity index (χ2n) is 4.09. The van der Waals surface area contributed by atoms with E-state index in [2.05, 4.69) is 5.32 Å². The van der Waals surface area contributed by atoms with Crippen molar-refractivity contribution in [3.63, 3.8) is 0 Å². The van der Waals surface area contributed by atoms with Crippen LogP contribution in [0.2, 0.25) is 5.02 Å². The van der Waals surface area contributed by atoms with Gasteiger partial charge in [0.2, 0.25) is 0 Å². The van der Waals surface area contributed by atoms with Crippen molar-refractivity contribution in [3.8, 4) is 0 Å². The molecule has 4 nitrogen and oxygen atoms in total. The molecule has 0 saturated carbocycles. The van der Waals surface area contributed by atoms with Crippen molar-refractivity contribution in [2.75, 3.05) is 26.1 Å². The first-order valence-corrected chi connectivity index (χ1v) is 6.05. The average molecular weight is 272 g/mol. The zero-order valence-electron chi connectivity index (χ0n) is 10.8. The van der Waals surface area contributed by atoms with E-state index < -0.39 is 6.04 Å². The van der Waals surface area contributed by atoms with Crippen LogP contribution in [0, 0.1) is 5.92 Å². The van der Waals surface area contributed by atoms with Gasteiger partial charge in [0.05, 0.1) is 13.7 Å². The molecule has 0 fully saturated rings. The molecule has 0 bridgehead atoms. The molecule has 0 heterocycles. The van der Waals surface area contributed by atoms with Gasteiger partial charge in [-0.25, -0.2) is 4.79 Å². The van der Waals surface area contributed by atoms with Gasteiger partial charge in [-0.2, -0.15) is 0 Å². The summed E-state index contributed by atoms with van der Waals surface area (Å²) in [4.78, 5) is 11.7.